The van der Waals surface area contributed by atoms with Crippen molar-refractivity contribution in [3.8, 4) is 0 Å². The van der Waals surface area contributed by atoms with Crippen LogP contribution in [0.1, 0.15) is 32.6 Å². The lowest BCUT2D eigenvalue weighted by Gasteiger charge is -2.22. The highest BCUT2D eigenvalue weighted by molar-refractivity contribution is 5.07. The molecule has 2 bridgehead atoms. The van der Waals surface area contributed by atoms with Crippen LogP contribution < -0.4 is 0 Å². The number of hydrogen-bond acceptors (Lipinski definition) is 0. The van der Waals surface area contributed by atoms with Gasteiger partial charge in [-0.25, -0.2) is 0 Å². The van der Waals surface area contributed by atoms with Crippen molar-refractivity contribution in [1.82, 2.24) is 0 Å². The first kappa shape index (κ1) is 5.52. The van der Waals surface area contributed by atoms with Gasteiger partial charge in [0.05, 0.1) is 0 Å². The van der Waals surface area contributed by atoms with E-state index in [2.05, 4.69) is 19.1 Å². The minimum absolute atomic E-state index is 0.614. The van der Waals surface area contributed by atoms with Gasteiger partial charge in [-0.1, -0.05) is 19.1 Å². The Morgan fingerprint density at radius 1 is 1.56 bits per heavy atom. The van der Waals surface area contributed by atoms with E-state index in [9.17, 15) is 0 Å². The molecule has 0 spiro atoms. The Kier molecular flexibility index (Phi) is 0.992. The molecule has 0 heterocycles. The molecule has 2 aliphatic carbocycles. The van der Waals surface area contributed by atoms with Crippen molar-refractivity contribution < 1.29 is 0 Å². The quantitative estimate of drug-likeness (QED) is 0.433. The predicted molar refractivity (Wildman–Crippen MR) is 39.2 cm³/mol. The Morgan fingerprint density at radius 2 is 2.44 bits per heavy atom. The fourth-order valence-electron chi connectivity index (χ4n) is 2.30. The molecule has 0 aromatic rings. The van der Waals surface area contributed by atoms with Crippen molar-refractivity contribution in [3.63, 3.8) is 0 Å². The smallest absolute Gasteiger partial charge is 0.0144 e. The minimum atomic E-state index is 0.614. The molecule has 2 unspecified atom stereocenters. The van der Waals surface area contributed by atoms with Gasteiger partial charge in [0, 0.05) is 0 Å². The monoisotopic (exact) mass is 122 g/mol. The average molecular weight is 122 g/mol. The second kappa shape index (κ2) is 1.62. The summed E-state index contributed by atoms with van der Waals surface area (Å²) in [6, 6.07) is 0. The molecule has 2 atom stereocenters. The molecular weight excluding hydrogens is 108 g/mol. The van der Waals surface area contributed by atoms with Crippen LogP contribution in [0.5, 0.6) is 0 Å². The molecule has 0 aliphatic heterocycles. The van der Waals surface area contributed by atoms with Crippen LogP contribution in [-0.2, 0) is 0 Å². The summed E-state index contributed by atoms with van der Waals surface area (Å²) in [5.74, 6) is 1.04. The van der Waals surface area contributed by atoms with Gasteiger partial charge in [-0.2, -0.15) is 0 Å². The second-order valence-electron chi connectivity index (χ2n) is 3.90. The number of rotatable bonds is 0. The Labute approximate surface area is 57.0 Å². The summed E-state index contributed by atoms with van der Waals surface area (Å²) in [5.41, 5.74) is 0.614. The summed E-state index contributed by atoms with van der Waals surface area (Å²) in [6.45, 7) is 2.39. The van der Waals surface area contributed by atoms with Crippen molar-refractivity contribution in [3.05, 3.63) is 12.2 Å². The van der Waals surface area contributed by atoms with Crippen molar-refractivity contribution in [1.29, 1.82) is 0 Å². The molecule has 1 fully saturated rings. The summed E-state index contributed by atoms with van der Waals surface area (Å²) >= 11 is 0. The van der Waals surface area contributed by atoms with Gasteiger partial charge in [0.15, 0.2) is 0 Å². The molecule has 50 valence electrons. The Morgan fingerprint density at radius 3 is 3.11 bits per heavy atom. The van der Waals surface area contributed by atoms with Crippen LogP contribution in [0.2, 0.25) is 0 Å². The van der Waals surface area contributed by atoms with E-state index in [4.69, 9.17) is 0 Å². The zero-order chi connectivity index (χ0) is 6.32. The maximum atomic E-state index is 2.43. The van der Waals surface area contributed by atoms with E-state index in [0.29, 0.717) is 5.41 Å². The predicted octanol–water partition coefficient (Wildman–Crippen LogP) is 2.75. The van der Waals surface area contributed by atoms with Crippen LogP contribution in [-0.4, -0.2) is 0 Å². The van der Waals surface area contributed by atoms with Crippen LogP contribution in [0.25, 0.3) is 0 Å². The summed E-state index contributed by atoms with van der Waals surface area (Å²) in [4.78, 5) is 0. The van der Waals surface area contributed by atoms with Crippen molar-refractivity contribution in [2.45, 2.75) is 32.6 Å². The maximum absolute atomic E-state index is 2.43. The van der Waals surface area contributed by atoms with Gasteiger partial charge in [0.25, 0.3) is 0 Å². The topological polar surface area (TPSA) is 0 Å². The first-order valence-corrected chi connectivity index (χ1v) is 3.96. The molecular formula is C9H14. The van der Waals surface area contributed by atoms with Crippen molar-refractivity contribution >= 4 is 0 Å². The summed E-state index contributed by atoms with van der Waals surface area (Å²) < 4.78 is 0. The van der Waals surface area contributed by atoms with Crippen LogP contribution in [0.15, 0.2) is 12.2 Å². The lowest BCUT2D eigenvalue weighted by Crippen LogP contribution is -2.10. The molecule has 0 nitrogen and oxygen atoms in total. The van der Waals surface area contributed by atoms with Crippen molar-refractivity contribution in [2.75, 3.05) is 0 Å². The molecule has 0 radical (unpaired) electrons. The van der Waals surface area contributed by atoms with E-state index in [0.717, 1.165) is 5.92 Å². The fourth-order valence-corrected chi connectivity index (χ4v) is 2.30. The zero-order valence-electron chi connectivity index (χ0n) is 6.06. The Balaban J connectivity index is 2.26. The summed E-state index contributed by atoms with van der Waals surface area (Å²) in [6.07, 6.45) is 10.5. The van der Waals surface area contributed by atoms with Gasteiger partial charge in [-0.05, 0) is 37.0 Å². The average Bonchev–Trinajstić information content (AvgIpc) is 2.07. The lowest BCUT2D eigenvalue weighted by atomic mass is 9.83. The normalized spacial score (nSPS) is 47.9. The van der Waals surface area contributed by atoms with Crippen LogP contribution in [0.4, 0.5) is 0 Å². The number of hydrogen-bond donors (Lipinski definition) is 0. The highest BCUT2D eigenvalue weighted by atomic mass is 14.4. The summed E-state index contributed by atoms with van der Waals surface area (Å²) in [5, 5.41) is 0. The molecule has 0 saturated heterocycles. The van der Waals surface area contributed by atoms with Gasteiger partial charge in [0.2, 0.25) is 0 Å². The second-order valence-corrected chi connectivity index (χ2v) is 3.90. The first-order chi connectivity index (χ1) is 4.29. The van der Waals surface area contributed by atoms with Gasteiger partial charge in [-0.3, -0.25) is 0 Å². The maximum Gasteiger partial charge on any atom is -0.0144 e. The van der Waals surface area contributed by atoms with Gasteiger partial charge >= 0.3 is 0 Å². The molecule has 2 rings (SSSR count). The van der Waals surface area contributed by atoms with E-state index in [1.54, 1.807) is 0 Å². The molecule has 0 heteroatoms. The zero-order valence-corrected chi connectivity index (χ0v) is 6.06. The highest BCUT2D eigenvalue weighted by Gasteiger charge is 2.34. The van der Waals surface area contributed by atoms with Crippen LogP contribution in [0.3, 0.4) is 0 Å². The third kappa shape index (κ3) is 0.810. The lowest BCUT2D eigenvalue weighted by molar-refractivity contribution is 0.397. The van der Waals surface area contributed by atoms with Crippen molar-refractivity contribution in [2.24, 2.45) is 11.3 Å². The molecule has 2 aliphatic rings. The van der Waals surface area contributed by atoms with E-state index in [1.807, 2.05) is 0 Å². The van der Waals surface area contributed by atoms with Crippen LogP contribution in [0, 0.1) is 11.3 Å². The standard InChI is InChI=1S/C9H14/c1-9-5-2-3-8(7-9)4-6-9/h2,5,8H,3-4,6-7H2,1H3. The van der Waals surface area contributed by atoms with E-state index < -0.39 is 0 Å². The van der Waals surface area contributed by atoms with Gasteiger partial charge < -0.3 is 0 Å². The van der Waals surface area contributed by atoms with Crippen LogP contribution >= 0.6 is 0 Å². The first-order valence-electron chi connectivity index (χ1n) is 3.96. The fraction of sp³-hybridized carbons (Fsp3) is 0.778. The minimum Gasteiger partial charge on any atom is -0.0877 e. The SMILES string of the molecule is CC12C=CCC(CC1)C2. The number of allylic oxidation sites excluding steroid dienone is 2. The molecule has 0 amide bonds. The highest BCUT2D eigenvalue weighted by Crippen LogP contribution is 2.47. The molecule has 0 N–H and O–H groups in total. The van der Waals surface area contributed by atoms with E-state index in [-0.39, 0.29) is 0 Å². The Bertz CT molecular complexity index is 146. The van der Waals surface area contributed by atoms with Gasteiger partial charge in [0.1, 0.15) is 0 Å². The molecule has 1 saturated carbocycles. The molecule has 0 aromatic heterocycles. The molecule has 9 heavy (non-hydrogen) atoms. The molecule has 0 aromatic carbocycles. The third-order valence-corrected chi connectivity index (χ3v) is 2.87. The third-order valence-electron chi connectivity index (χ3n) is 2.87. The van der Waals surface area contributed by atoms with E-state index >= 15 is 0 Å². The van der Waals surface area contributed by atoms with Gasteiger partial charge in [-0.15, -0.1) is 0 Å². The Hall–Kier alpha value is -0.260. The van der Waals surface area contributed by atoms with E-state index in [1.165, 1.54) is 25.7 Å². The summed E-state index contributed by atoms with van der Waals surface area (Å²) in [7, 11) is 0. The number of fused-ring (bicyclic) bond motifs is 2. The largest absolute Gasteiger partial charge is 0.0877 e.